The van der Waals surface area contributed by atoms with Crippen LogP contribution < -0.4 is 10.1 Å². The number of nitrogens with zero attached hydrogens (tertiary/aromatic N) is 1. The summed E-state index contributed by atoms with van der Waals surface area (Å²) in [5, 5.41) is 12.5. The van der Waals surface area contributed by atoms with Crippen molar-refractivity contribution in [2.75, 3.05) is 18.5 Å². The minimum absolute atomic E-state index is 0.0910. The molecule has 1 atom stereocenters. The summed E-state index contributed by atoms with van der Waals surface area (Å²) in [7, 11) is 0. The number of aromatic nitrogens is 1. The van der Waals surface area contributed by atoms with Crippen molar-refractivity contribution in [2.45, 2.75) is 24.9 Å². The van der Waals surface area contributed by atoms with E-state index in [2.05, 4.69) is 15.0 Å². The third kappa shape index (κ3) is 3.85. The SMILES string of the molecule is OCC1(Nc2ncc(C(F)(F)F)cc2OC(F)F)COCc2c(F)cccc21. The Hall–Kier alpha value is -2.53. The van der Waals surface area contributed by atoms with Gasteiger partial charge in [0.15, 0.2) is 11.6 Å². The highest BCUT2D eigenvalue weighted by atomic mass is 19.4. The molecule has 0 saturated carbocycles. The second-order valence-electron chi connectivity index (χ2n) is 6.07. The molecule has 0 aliphatic carbocycles. The van der Waals surface area contributed by atoms with Crippen LogP contribution in [0.1, 0.15) is 16.7 Å². The Bertz CT molecular complexity index is 861. The van der Waals surface area contributed by atoms with Crippen LogP contribution in [0.4, 0.5) is 32.2 Å². The molecule has 1 aromatic heterocycles. The van der Waals surface area contributed by atoms with Crippen molar-refractivity contribution < 1.29 is 40.9 Å². The molecule has 0 fully saturated rings. The number of nitrogens with one attached hydrogen (secondary N) is 1. The summed E-state index contributed by atoms with van der Waals surface area (Å²) in [5.74, 6) is -1.97. The maximum atomic E-state index is 14.1. The maximum absolute atomic E-state index is 14.1. The van der Waals surface area contributed by atoms with E-state index in [1.54, 1.807) is 0 Å². The number of aliphatic hydroxyl groups is 1. The van der Waals surface area contributed by atoms with Gasteiger partial charge in [-0.05, 0) is 17.7 Å². The van der Waals surface area contributed by atoms with Gasteiger partial charge in [-0.15, -0.1) is 0 Å². The zero-order valence-electron chi connectivity index (χ0n) is 14.1. The molecule has 5 nitrogen and oxygen atoms in total. The normalized spacial score (nSPS) is 19.4. The highest BCUT2D eigenvalue weighted by Gasteiger charge is 2.40. The molecule has 2 heterocycles. The lowest BCUT2D eigenvalue weighted by Crippen LogP contribution is -2.47. The fourth-order valence-corrected chi connectivity index (χ4v) is 2.94. The van der Waals surface area contributed by atoms with Gasteiger partial charge >= 0.3 is 12.8 Å². The van der Waals surface area contributed by atoms with Crippen LogP contribution in [0, 0.1) is 5.82 Å². The molecule has 11 heteroatoms. The Morgan fingerprint density at radius 3 is 2.71 bits per heavy atom. The van der Waals surface area contributed by atoms with Crippen molar-refractivity contribution in [3.8, 4) is 5.75 Å². The molecule has 0 amide bonds. The monoisotopic (exact) mass is 408 g/mol. The Morgan fingerprint density at radius 2 is 2.07 bits per heavy atom. The van der Waals surface area contributed by atoms with Gasteiger partial charge in [0.1, 0.15) is 11.4 Å². The van der Waals surface area contributed by atoms with Crippen molar-refractivity contribution in [1.29, 1.82) is 0 Å². The summed E-state index contributed by atoms with van der Waals surface area (Å²) >= 11 is 0. The number of benzene rings is 1. The van der Waals surface area contributed by atoms with E-state index in [-0.39, 0.29) is 24.3 Å². The van der Waals surface area contributed by atoms with E-state index in [1.165, 1.54) is 18.2 Å². The van der Waals surface area contributed by atoms with E-state index in [0.717, 1.165) is 0 Å². The first-order valence-corrected chi connectivity index (χ1v) is 7.93. The zero-order valence-corrected chi connectivity index (χ0v) is 14.1. The third-order valence-electron chi connectivity index (χ3n) is 4.25. The van der Waals surface area contributed by atoms with Gasteiger partial charge in [0.05, 0.1) is 25.4 Å². The number of alkyl halides is 5. The van der Waals surface area contributed by atoms with Gasteiger partial charge in [-0.1, -0.05) is 12.1 Å². The summed E-state index contributed by atoms with van der Waals surface area (Å²) in [6.45, 7) is -4.40. The molecule has 0 bridgehead atoms. The number of hydrogen-bond donors (Lipinski definition) is 2. The summed E-state index contributed by atoms with van der Waals surface area (Å²) in [6, 6.07) is 4.41. The van der Waals surface area contributed by atoms with Gasteiger partial charge in [0.25, 0.3) is 0 Å². The van der Waals surface area contributed by atoms with Crippen molar-refractivity contribution in [2.24, 2.45) is 0 Å². The molecule has 28 heavy (non-hydrogen) atoms. The molecule has 1 aromatic carbocycles. The smallest absolute Gasteiger partial charge is 0.418 e. The number of aliphatic hydroxyl groups excluding tert-OH is 1. The Labute approximate surface area is 154 Å². The highest BCUT2D eigenvalue weighted by Crippen LogP contribution is 2.39. The van der Waals surface area contributed by atoms with Gasteiger partial charge in [-0.2, -0.15) is 22.0 Å². The number of halogens is 6. The van der Waals surface area contributed by atoms with Crippen LogP contribution in [0.15, 0.2) is 30.5 Å². The predicted octanol–water partition coefficient (Wildman–Crippen LogP) is 3.67. The van der Waals surface area contributed by atoms with Crippen molar-refractivity contribution in [3.05, 3.63) is 53.0 Å². The lowest BCUT2D eigenvalue weighted by molar-refractivity contribution is -0.138. The van der Waals surface area contributed by atoms with Crippen LogP contribution in [-0.4, -0.2) is 29.9 Å². The summed E-state index contributed by atoms with van der Waals surface area (Å²) in [6.07, 6.45) is -4.40. The van der Waals surface area contributed by atoms with Gasteiger partial charge in [-0.3, -0.25) is 0 Å². The Kier molecular flexibility index (Phi) is 5.39. The van der Waals surface area contributed by atoms with E-state index in [4.69, 9.17) is 4.74 Å². The van der Waals surface area contributed by atoms with Crippen molar-refractivity contribution in [1.82, 2.24) is 4.98 Å². The fraction of sp³-hybridized carbons (Fsp3) is 0.353. The van der Waals surface area contributed by atoms with E-state index >= 15 is 0 Å². The average molecular weight is 408 g/mol. The van der Waals surface area contributed by atoms with Crippen LogP contribution in [-0.2, 0) is 23.1 Å². The van der Waals surface area contributed by atoms with Crippen molar-refractivity contribution in [3.63, 3.8) is 0 Å². The molecule has 1 aliphatic rings. The number of rotatable bonds is 5. The molecule has 1 unspecified atom stereocenters. The summed E-state index contributed by atoms with van der Waals surface area (Å²) in [4.78, 5) is 3.53. The quantitative estimate of drug-likeness (QED) is 0.740. The van der Waals surface area contributed by atoms with E-state index in [0.29, 0.717) is 12.3 Å². The lowest BCUT2D eigenvalue weighted by Gasteiger charge is -2.39. The molecule has 1 aliphatic heterocycles. The number of pyridine rings is 1. The van der Waals surface area contributed by atoms with E-state index < -0.39 is 47.9 Å². The summed E-state index contributed by atoms with van der Waals surface area (Å²) < 4.78 is 87.5. The third-order valence-corrected chi connectivity index (χ3v) is 4.25. The van der Waals surface area contributed by atoms with Gasteiger partial charge in [-0.25, -0.2) is 9.37 Å². The topological polar surface area (TPSA) is 63.6 Å². The fourth-order valence-electron chi connectivity index (χ4n) is 2.94. The maximum Gasteiger partial charge on any atom is 0.418 e. The Balaban J connectivity index is 2.06. The molecule has 2 N–H and O–H groups in total. The molecule has 3 rings (SSSR count). The molecule has 0 spiro atoms. The number of fused-ring (bicyclic) bond motifs is 1. The van der Waals surface area contributed by atoms with Gasteiger partial charge in [0, 0.05) is 11.8 Å². The van der Waals surface area contributed by atoms with Crippen LogP contribution in [0.2, 0.25) is 0 Å². The van der Waals surface area contributed by atoms with E-state index in [1.807, 2.05) is 0 Å². The first-order valence-electron chi connectivity index (χ1n) is 7.93. The zero-order chi connectivity index (χ0) is 20.5. The van der Waals surface area contributed by atoms with E-state index in [9.17, 15) is 31.4 Å². The second kappa shape index (κ2) is 7.47. The second-order valence-corrected chi connectivity index (χ2v) is 6.07. The van der Waals surface area contributed by atoms with Crippen LogP contribution in [0.3, 0.4) is 0 Å². The first kappa shape index (κ1) is 20.2. The average Bonchev–Trinajstić information content (AvgIpc) is 2.62. The summed E-state index contributed by atoms with van der Waals surface area (Å²) in [5.41, 5.74) is -2.43. The number of ether oxygens (including phenoxy) is 2. The minimum Gasteiger partial charge on any atom is -0.431 e. The largest absolute Gasteiger partial charge is 0.431 e. The minimum atomic E-state index is -4.83. The van der Waals surface area contributed by atoms with Crippen molar-refractivity contribution >= 4 is 5.82 Å². The van der Waals surface area contributed by atoms with Gasteiger partial charge in [0.2, 0.25) is 0 Å². The Morgan fingerprint density at radius 1 is 1.32 bits per heavy atom. The van der Waals surface area contributed by atoms with Crippen LogP contribution in [0.25, 0.3) is 0 Å². The number of hydrogen-bond acceptors (Lipinski definition) is 5. The van der Waals surface area contributed by atoms with Crippen LogP contribution >= 0.6 is 0 Å². The molecular weight excluding hydrogens is 394 g/mol. The molecule has 0 saturated heterocycles. The predicted molar refractivity (Wildman–Crippen MR) is 84.3 cm³/mol. The standard InChI is InChI=1S/C17H14F6N2O3/c18-12-3-1-2-11-10(12)6-27-8-16(11,7-26)25-14-13(28-15(19)20)4-9(5-24-14)17(21,22)23/h1-5,15,26H,6-8H2,(H,24,25). The highest BCUT2D eigenvalue weighted by molar-refractivity contribution is 5.56. The first-order chi connectivity index (χ1) is 13.2. The molecule has 0 radical (unpaired) electrons. The lowest BCUT2D eigenvalue weighted by atomic mass is 9.85. The molecule has 2 aromatic rings. The number of anilines is 1. The molecular formula is C17H14F6N2O3. The van der Waals surface area contributed by atoms with Crippen LogP contribution in [0.5, 0.6) is 5.75 Å². The van der Waals surface area contributed by atoms with Gasteiger partial charge < -0.3 is 19.9 Å². The molecule has 152 valence electrons.